The second-order valence-corrected chi connectivity index (χ2v) is 6.72. The fourth-order valence-electron chi connectivity index (χ4n) is 3.35. The van der Waals surface area contributed by atoms with Gasteiger partial charge in [0.05, 0.1) is 23.8 Å². The third kappa shape index (κ3) is 3.54. The number of unbranched alkanes of at least 4 members (excludes halogenated alkanes) is 1. The standard InChI is InChI=1S/C20H21N7O2/c1-2-3-8-23-18-17-15(25-20(21)26-18)10-24-27(17)11-12-6-7-14(19(28)29)13-5-4-9-22-16(12)13/h4-7,9-10H,2-3,8,11H2,1H3,(H,28,29)(H3,21,23,25,26). The van der Waals surface area contributed by atoms with Crippen LogP contribution in [-0.4, -0.2) is 42.4 Å². The number of pyridine rings is 1. The molecule has 0 amide bonds. The molecule has 9 heteroatoms. The molecule has 4 aromatic rings. The van der Waals surface area contributed by atoms with Crippen LogP contribution < -0.4 is 11.1 Å². The second-order valence-electron chi connectivity index (χ2n) is 6.72. The average Bonchev–Trinajstić information content (AvgIpc) is 3.10. The average molecular weight is 391 g/mol. The van der Waals surface area contributed by atoms with Crippen LogP contribution in [-0.2, 0) is 6.54 Å². The first kappa shape index (κ1) is 18.6. The number of benzene rings is 1. The normalized spacial score (nSPS) is 11.2. The molecule has 0 spiro atoms. The maximum atomic E-state index is 11.5. The van der Waals surface area contributed by atoms with Crippen LogP contribution in [0.1, 0.15) is 35.7 Å². The van der Waals surface area contributed by atoms with E-state index in [-0.39, 0.29) is 11.5 Å². The summed E-state index contributed by atoms with van der Waals surface area (Å²) in [6.07, 6.45) is 5.37. The molecular formula is C20H21N7O2. The first-order valence-electron chi connectivity index (χ1n) is 9.41. The van der Waals surface area contributed by atoms with Crippen LogP contribution in [0.15, 0.2) is 36.7 Å². The summed E-state index contributed by atoms with van der Waals surface area (Å²) in [6.45, 7) is 3.28. The van der Waals surface area contributed by atoms with E-state index in [2.05, 4.69) is 32.3 Å². The molecule has 1 aromatic carbocycles. The minimum atomic E-state index is -0.981. The van der Waals surface area contributed by atoms with Crippen molar-refractivity contribution in [1.29, 1.82) is 0 Å². The lowest BCUT2D eigenvalue weighted by Crippen LogP contribution is -2.10. The molecule has 0 aliphatic heterocycles. The molecule has 0 radical (unpaired) electrons. The molecule has 3 aromatic heterocycles. The predicted octanol–water partition coefficient (Wildman–Crippen LogP) is 2.92. The second kappa shape index (κ2) is 7.70. The number of rotatable bonds is 7. The molecular weight excluding hydrogens is 370 g/mol. The summed E-state index contributed by atoms with van der Waals surface area (Å²) in [6, 6.07) is 6.86. The lowest BCUT2D eigenvalue weighted by atomic mass is 10.0. The lowest BCUT2D eigenvalue weighted by molar-refractivity contribution is 0.0699. The number of hydrogen-bond donors (Lipinski definition) is 3. The van der Waals surface area contributed by atoms with Crippen LogP contribution in [0, 0.1) is 0 Å². The van der Waals surface area contributed by atoms with Gasteiger partial charge in [0.1, 0.15) is 11.0 Å². The van der Waals surface area contributed by atoms with Gasteiger partial charge in [0, 0.05) is 18.1 Å². The number of nitrogen functional groups attached to an aromatic ring is 1. The number of carboxylic acids is 1. The molecule has 0 fully saturated rings. The third-order valence-corrected chi connectivity index (χ3v) is 4.73. The van der Waals surface area contributed by atoms with Crippen LogP contribution in [0.25, 0.3) is 21.9 Å². The Balaban J connectivity index is 1.79. The van der Waals surface area contributed by atoms with Gasteiger partial charge in [0.25, 0.3) is 0 Å². The van der Waals surface area contributed by atoms with Crippen molar-refractivity contribution in [2.75, 3.05) is 17.6 Å². The van der Waals surface area contributed by atoms with Crippen molar-refractivity contribution in [3.05, 3.63) is 47.8 Å². The van der Waals surface area contributed by atoms with E-state index in [0.717, 1.165) is 30.5 Å². The van der Waals surface area contributed by atoms with Crippen LogP contribution in [0.2, 0.25) is 0 Å². The minimum Gasteiger partial charge on any atom is -0.478 e. The van der Waals surface area contributed by atoms with Gasteiger partial charge in [-0.3, -0.25) is 9.67 Å². The lowest BCUT2D eigenvalue weighted by Gasteiger charge is -2.12. The molecule has 0 saturated heterocycles. The predicted molar refractivity (Wildman–Crippen MR) is 111 cm³/mol. The molecule has 4 N–H and O–H groups in total. The van der Waals surface area contributed by atoms with Crippen LogP contribution in [0.5, 0.6) is 0 Å². The molecule has 3 heterocycles. The summed E-state index contributed by atoms with van der Waals surface area (Å²) in [4.78, 5) is 24.6. The number of anilines is 2. The highest BCUT2D eigenvalue weighted by Crippen LogP contribution is 2.25. The number of aromatic nitrogens is 5. The highest BCUT2D eigenvalue weighted by Gasteiger charge is 2.16. The van der Waals surface area contributed by atoms with Gasteiger partial charge in [-0.25, -0.2) is 9.78 Å². The van der Waals surface area contributed by atoms with E-state index in [4.69, 9.17) is 5.73 Å². The van der Waals surface area contributed by atoms with E-state index < -0.39 is 5.97 Å². The van der Waals surface area contributed by atoms with Gasteiger partial charge in [-0.05, 0) is 24.1 Å². The van der Waals surface area contributed by atoms with Crippen molar-refractivity contribution in [2.24, 2.45) is 0 Å². The smallest absolute Gasteiger partial charge is 0.336 e. The van der Waals surface area contributed by atoms with Gasteiger partial charge < -0.3 is 16.2 Å². The molecule has 0 aliphatic carbocycles. The topological polar surface area (TPSA) is 132 Å². The van der Waals surface area contributed by atoms with Crippen molar-refractivity contribution in [3.8, 4) is 0 Å². The fraction of sp³-hybridized carbons (Fsp3) is 0.250. The van der Waals surface area contributed by atoms with Crippen molar-refractivity contribution >= 4 is 39.7 Å². The molecule has 9 nitrogen and oxygen atoms in total. The third-order valence-electron chi connectivity index (χ3n) is 4.73. The van der Waals surface area contributed by atoms with Gasteiger partial charge in [-0.1, -0.05) is 25.5 Å². The van der Waals surface area contributed by atoms with Crippen molar-refractivity contribution in [1.82, 2.24) is 24.7 Å². The van der Waals surface area contributed by atoms with Crippen molar-refractivity contribution in [2.45, 2.75) is 26.3 Å². The summed E-state index contributed by atoms with van der Waals surface area (Å²) in [5.41, 5.74) is 8.95. The van der Waals surface area contributed by atoms with E-state index >= 15 is 0 Å². The van der Waals surface area contributed by atoms with Gasteiger partial charge in [-0.15, -0.1) is 0 Å². The number of aromatic carboxylic acids is 1. The Labute approximate surface area is 166 Å². The number of hydrogen-bond acceptors (Lipinski definition) is 7. The Hall–Kier alpha value is -3.75. The van der Waals surface area contributed by atoms with E-state index in [0.29, 0.717) is 28.8 Å². The van der Waals surface area contributed by atoms with Crippen molar-refractivity contribution in [3.63, 3.8) is 0 Å². The molecule has 0 aliphatic rings. The number of carboxylic acid groups (broad SMARTS) is 1. The number of nitrogens with two attached hydrogens (primary N) is 1. The first-order chi connectivity index (χ1) is 14.1. The van der Waals surface area contributed by atoms with E-state index in [9.17, 15) is 9.90 Å². The fourth-order valence-corrected chi connectivity index (χ4v) is 3.35. The first-order valence-corrected chi connectivity index (χ1v) is 9.41. The molecule has 0 atom stereocenters. The summed E-state index contributed by atoms with van der Waals surface area (Å²) < 4.78 is 1.78. The van der Waals surface area contributed by atoms with Crippen LogP contribution >= 0.6 is 0 Å². The van der Waals surface area contributed by atoms with Gasteiger partial charge in [-0.2, -0.15) is 10.1 Å². The SMILES string of the molecule is CCCCNc1nc(N)nc2cnn(Cc3ccc(C(=O)O)c4cccnc34)c12. The van der Waals surface area contributed by atoms with Crippen LogP contribution in [0.3, 0.4) is 0 Å². The summed E-state index contributed by atoms with van der Waals surface area (Å²) in [5, 5.41) is 17.8. The van der Waals surface area contributed by atoms with Crippen molar-refractivity contribution < 1.29 is 9.90 Å². The van der Waals surface area contributed by atoms with Gasteiger partial charge in [0.15, 0.2) is 5.82 Å². The quantitative estimate of drug-likeness (QED) is 0.410. The molecule has 0 bridgehead atoms. The van der Waals surface area contributed by atoms with Crippen LogP contribution in [0.4, 0.5) is 11.8 Å². The monoisotopic (exact) mass is 391 g/mol. The zero-order valence-electron chi connectivity index (χ0n) is 16.0. The Morgan fingerprint density at radius 3 is 2.93 bits per heavy atom. The maximum absolute atomic E-state index is 11.5. The molecule has 0 unspecified atom stereocenters. The summed E-state index contributed by atoms with van der Waals surface area (Å²) in [5.74, 6) is -0.155. The zero-order chi connectivity index (χ0) is 20.4. The molecule has 148 valence electrons. The van der Waals surface area contributed by atoms with Gasteiger partial charge in [0.2, 0.25) is 5.95 Å². The molecule has 4 rings (SSSR count). The highest BCUT2D eigenvalue weighted by atomic mass is 16.4. The zero-order valence-corrected chi connectivity index (χ0v) is 16.0. The Bertz CT molecular complexity index is 1200. The van der Waals surface area contributed by atoms with E-state index in [1.807, 2.05) is 0 Å². The number of fused-ring (bicyclic) bond motifs is 2. The van der Waals surface area contributed by atoms with E-state index in [1.54, 1.807) is 41.3 Å². The number of nitrogens with zero attached hydrogens (tertiary/aromatic N) is 5. The Morgan fingerprint density at radius 1 is 1.28 bits per heavy atom. The largest absolute Gasteiger partial charge is 0.478 e. The molecule has 29 heavy (non-hydrogen) atoms. The number of nitrogens with one attached hydrogen (secondary N) is 1. The minimum absolute atomic E-state index is 0.189. The maximum Gasteiger partial charge on any atom is 0.336 e. The molecule has 0 saturated carbocycles. The van der Waals surface area contributed by atoms with E-state index in [1.165, 1.54) is 0 Å². The Morgan fingerprint density at radius 2 is 2.14 bits per heavy atom. The number of carbonyl (C=O) groups is 1. The summed E-state index contributed by atoms with van der Waals surface area (Å²) in [7, 11) is 0. The highest BCUT2D eigenvalue weighted by molar-refractivity contribution is 6.03. The summed E-state index contributed by atoms with van der Waals surface area (Å²) >= 11 is 0. The Kier molecular flexibility index (Phi) is 4.94. The van der Waals surface area contributed by atoms with Gasteiger partial charge >= 0.3 is 5.97 Å².